The minimum atomic E-state index is 0. The van der Waals surface area contributed by atoms with Gasteiger partial charge in [0.25, 0.3) is 16.3 Å². The van der Waals surface area contributed by atoms with E-state index in [0.29, 0.717) is 0 Å². The molecule has 0 nitrogen and oxygen atoms in total. The van der Waals surface area contributed by atoms with E-state index in [4.69, 9.17) is 0 Å². The number of rotatable bonds is 1. The van der Waals surface area contributed by atoms with E-state index in [1.165, 1.54) is 33.8 Å². The Hall–Kier alpha value is -0.248. The number of benzene rings is 1. The van der Waals surface area contributed by atoms with Crippen molar-refractivity contribution in [2.45, 2.75) is 20.3 Å². The zero-order chi connectivity index (χ0) is 7.56. The van der Waals surface area contributed by atoms with Crippen LogP contribution in [0.25, 0.3) is 0 Å². The van der Waals surface area contributed by atoms with Crippen molar-refractivity contribution in [3.63, 3.8) is 0 Å². The van der Waals surface area contributed by atoms with Gasteiger partial charge in [0.2, 0.25) is 0 Å². The lowest BCUT2D eigenvalue weighted by molar-refractivity contribution is 1.15. The van der Waals surface area contributed by atoms with Gasteiger partial charge in [-0.05, 0) is 13.3 Å². The Labute approximate surface area is 72.2 Å². The maximum absolute atomic E-state index is 2.29. The molecule has 1 aromatic carbocycles. The highest BCUT2D eigenvalue weighted by Gasteiger charge is 1.93. The molecule has 0 aliphatic carbocycles. The fourth-order valence-corrected chi connectivity index (χ4v) is 1.85. The summed E-state index contributed by atoms with van der Waals surface area (Å²) < 4.78 is 1.55. The van der Waals surface area contributed by atoms with Crippen molar-refractivity contribution in [1.82, 2.24) is 0 Å². The molecule has 54 valence electrons. The second-order valence-corrected chi connectivity index (χ2v) is 3.86. The zero-order valence-corrected chi connectivity index (χ0v) is 8.94. The van der Waals surface area contributed by atoms with Crippen molar-refractivity contribution in [1.29, 1.82) is 0 Å². The van der Waals surface area contributed by atoms with E-state index in [1.54, 1.807) is 4.43 Å². The van der Waals surface area contributed by atoms with Gasteiger partial charge in [0, 0.05) is 1.43 Å². The molecule has 0 aromatic heterocycles. The molecule has 0 amide bonds. The Kier molecular flexibility index (Phi) is 2.54. The average molecular weight is 150 g/mol. The molecule has 0 radical (unpaired) electrons. The minimum Gasteiger partial charge on any atom is -0.118 e. The lowest BCUT2D eigenvalue weighted by Gasteiger charge is -2.02. The predicted octanol–water partition coefficient (Wildman–Crippen LogP) is 1.06. The van der Waals surface area contributed by atoms with Crippen LogP contribution >= 0.6 is 0 Å². The maximum atomic E-state index is 2.29. The standard InChI is InChI=1S/C9H11.Al.H2.2H/c1-3-9-6-4-5-8(2)7-9;;;;/h4-5,7H,3H2,1-2H3;;1H;;. The second kappa shape index (κ2) is 3.23. The molecule has 0 saturated heterocycles. The van der Waals surface area contributed by atoms with Gasteiger partial charge in [0.1, 0.15) is 0 Å². The van der Waals surface area contributed by atoms with Crippen LogP contribution in [-0.2, 0) is 6.42 Å². The third-order valence-corrected chi connectivity index (χ3v) is 2.86. The first-order valence-corrected chi connectivity index (χ1v) is 4.80. The molecule has 0 unspecified atom stereocenters. The van der Waals surface area contributed by atoms with E-state index in [2.05, 4.69) is 32.0 Å². The molecule has 1 aromatic rings. The predicted molar refractivity (Wildman–Crippen MR) is 50.8 cm³/mol. The summed E-state index contributed by atoms with van der Waals surface area (Å²) >= 11 is 1.18. The second-order valence-electron chi connectivity index (χ2n) is 2.78. The Bertz CT molecular complexity index is 233. The van der Waals surface area contributed by atoms with Gasteiger partial charge in [-0.1, -0.05) is 36.2 Å². The maximum Gasteiger partial charge on any atom is 0.259 e. The molecule has 1 heteroatoms. The zero-order valence-electron chi connectivity index (χ0n) is 6.94. The summed E-state index contributed by atoms with van der Waals surface area (Å²) in [6.45, 7) is 4.37. The molecule has 0 aliphatic heterocycles. The first-order chi connectivity index (χ1) is 4.74. The summed E-state index contributed by atoms with van der Waals surface area (Å²) in [6.07, 6.45) is 1.18. The molecule has 0 heterocycles. The minimum absolute atomic E-state index is 0. The fraction of sp³-hybridized carbons (Fsp3) is 0.333. The molecular weight excluding hydrogens is 135 g/mol. The van der Waals surface area contributed by atoms with Crippen molar-refractivity contribution in [3.05, 3.63) is 29.3 Å². The molecular formula is C9H15Al. The van der Waals surface area contributed by atoms with Crippen molar-refractivity contribution in [2.24, 2.45) is 0 Å². The molecule has 10 heavy (non-hydrogen) atoms. The molecule has 1 rings (SSSR count). The van der Waals surface area contributed by atoms with E-state index in [0.717, 1.165) is 0 Å². The SMILES string of the molecule is CCc1cc(C)cc[c]1[AlH2].[HH]. The topological polar surface area (TPSA) is 0 Å². The van der Waals surface area contributed by atoms with E-state index >= 15 is 0 Å². The van der Waals surface area contributed by atoms with Gasteiger partial charge in [0.05, 0.1) is 0 Å². The highest BCUT2D eigenvalue weighted by molar-refractivity contribution is 6.33. The van der Waals surface area contributed by atoms with Gasteiger partial charge in [-0.3, -0.25) is 0 Å². The largest absolute Gasteiger partial charge is 0.259 e. The molecule has 0 spiro atoms. The summed E-state index contributed by atoms with van der Waals surface area (Å²) in [7, 11) is 0. The molecule has 0 bridgehead atoms. The van der Waals surface area contributed by atoms with Crippen molar-refractivity contribution >= 4 is 20.7 Å². The fourth-order valence-electron chi connectivity index (χ4n) is 1.18. The Morgan fingerprint density at radius 1 is 1.50 bits per heavy atom. The monoisotopic (exact) mass is 150 g/mol. The van der Waals surface area contributed by atoms with Crippen molar-refractivity contribution < 1.29 is 1.43 Å². The van der Waals surface area contributed by atoms with E-state index in [-0.39, 0.29) is 1.43 Å². The molecule has 0 atom stereocenters. The van der Waals surface area contributed by atoms with Crippen LogP contribution in [0.5, 0.6) is 0 Å². The van der Waals surface area contributed by atoms with Crippen LogP contribution in [0.1, 0.15) is 19.5 Å². The molecule has 0 saturated carbocycles. The lowest BCUT2D eigenvalue weighted by atomic mass is 10.1. The summed E-state index contributed by atoms with van der Waals surface area (Å²) in [5.41, 5.74) is 2.92. The van der Waals surface area contributed by atoms with Gasteiger partial charge in [-0.15, -0.1) is 4.43 Å². The van der Waals surface area contributed by atoms with Crippen LogP contribution in [0.15, 0.2) is 18.2 Å². The summed E-state index contributed by atoms with van der Waals surface area (Å²) in [5.74, 6) is 0. The Morgan fingerprint density at radius 3 is 2.70 bits per heavy atom. The Morgan fingerprint density at radius 2 is 2.20 bits per heavy atom. The first kappa shape index (κ1) is 7.86. The highest BCUT2D eigenvalue weighted by atomic mass is 27.0. The third-order valence-electron chi connectivity index (χ3n) is 1.89. The van der Waals surface area contributed by atoms with Crippen LogP contribution in [0.2, 0.25) is 0 Å². The number of hydrogen-bond donors (Lipinski definition) is 0. The van der Waals surface area contributed by atoms with Crippen LogP contribution in [0.3, 0.4) is 0 Å². The van der Waals surface area contributed by atoms with E-state index < -0.39 is 0 Å². The van der Waals surface area contributed by atoms with Gasteiger partial charge >= 0.3 is 0 Å². The first-order valence-electron chi connectivity index (χ1n) is 3.80. The van der Waals surface area contributed by atoms with Crippen LogP contribution in [0, 0.1) is 6.92 Å². The number of aryl methyl sites for hydroxylation is 2. The smallest absolute Gasteiger partial charge is 0.118 e. The lowest BCUT2D eigenvalue weighted by Crippen LogP contribution is -2.08. The Balaban J connectivity index is 0.000001000. The average Bonchev–Trinajstić information content (AvgIpc) is 1.94. The van der Waals surface area contributed by atoms with Crippen LogP contribution in [0.4, 0.5) is 0 Å². The van der Waals surface area contributed by atoms with E-state index in [9.17, 15) is 0 Å². The van der Waals surface area contributed by atoms with Crippen molar-refractivity contribution in [3.8, 4) is 0 Å². The van der Waals surface area contributed by atoms with Crippen molar-refractivity contribution in [2.75, 3.05) is 0 Å². The third kappa shape index (κ3) is 1.62. The summed E-state index contributed by atoms with van der Waals surface area (Å²) in [5, 5.41) is 0. The molecule has 0 fully saturated rings. The van der Waals surface area contributed by atoms with E-state index in [1.807, 2.05) is 0 Å². The summed E-state index contributed by atoms with van der Waals surface area (Å²) in [4.78, 5) is 0. The quantitative estimate of drug-likeness (QED) is 0.525. The van der Waals surface area contributed by atoms with Gasteiger partial charge in [-0.2, -0.15) is 0 Å². The normalized spacial score (nSPS) is 9.80. The van der Waals surface area contributed by atoms with Gasteiger partial charge in [-0.25, -0.2) is 0 Å². The van der Waals surface area contributed by atoms with Crippen LogP contribution in [-0.4, -0.2) is 16.3 Å². The van der Waals surface area contributed by atoms with Gasteiger partial charge < -0.3 is 0 Å². The molecule has 0 aliphatic rings. The summed E-state index contributed by atoms with van der Waals surface area (Å²) in [6, 6.07) is 6.74. The molecule has 0 N–H and O–H groups in total. The highest BCUT2D eigenvalue weighted by Crippen LogP contribution is 2.00. The van der Waals surface area contributed by atoms with Gasteiger partial charge in [0.15, 0.2) is 0 Å². The number of hydrogen-bond acceptors (Lipinski definition) is 0. The van der Waals surface area contributed by atoms with Crippen LogP contribution < -0.4 is 4.43 Å².